The van der Waals surface area contributed by atoms with Crippen LogP contribution in [0.1, 0.15) is 10.4 Å². The molecule has 0 fully saturated rings. The summed E-state index contributed by atoms with van der Waals surface area (Å²) in [5.41, 5.74) is 0.240. The summed E-state index contributed by atoms with van der Waals surface area (Å²) in [7, 11) is 0. The molecule has 1 heterocycles. The van der Waals surface area contributed by atoms with Crippen molar-refractivity contribution in [3.8, 4) is 17.2 Å². The number of esters is 1. The van der Waals surface area contributed by atoms with Gasteiger partial charge in [-0.1, -0.05) is 0 Å². The minimum Gasteiger partial charge on any atom is -0.454 e. The largest absolute Gasteiger partial charge is 0.454 e. The summed E-state index contributed by atoms with van der Waals surface area (Å²) in [6, 6.07) is 8.58. The second kappa shape index (κ2) is 5.13. The third kappa shape index (κ3) is 2.46. The number of fused-ring (bicyclic) bond motifs is 1. The third-order valence-corrected chi connectivity index (χ3v) is 3.36. The molecule has 0 saturated heterocycles. The highest BCUT2D eigenvalue weighted by Crippen LogP contribution is 2.35. The van der Waals surface area contributed by atoms with Crippen LogP contribution in [0.2, 0.25) is 0 Å². The van der Waals surface area contributed by atoms with Crippen LogP contribution < -0.4 is 14.2 Å². The quantitative estimate of drug-likeness (QED) is 0.620. The van der Waals surface area contributed by atoms with Gasteiger partial charge in [0.25, 0.3) is 0 Å². The van der Waals surface area contributed by atoms with E-state index in [1.54, 1.807) is 18.2 Å². The topological polar surface area (TPSA) is 44.8 Å². The molecular formula is C14H8BrFO4. The second-order valence-electron chi connectivity index (χ2n) is 4.03. The van der Waals surface area contributed by atoms with Crippen LogP contribution in [-0.4, -0.2) is 12.8 Å². The third-order valence-electron chi connectivity index (χ3n) is 2.71. The van der Waals surface area contributed by atoms with E-state index in [0.29, 0.717) is 21.7 Å². The molecule has 0 amide bonds. The summed E-state index contributed by atoms with van der Waals surface area (Å²) in [5, 5.41) is 0. The van der Waals surface area contributed by atoms with Crippen LogP contribution >= 0.6 is 15.9 Å². The fourth-order valence-corrected chi connectivity index (χ4v) is 2.27. The van der Waals surface area contributed by atoms with Crippen molar-refractivity contribution < 1.29 is 23.4 Å². The molecule has 0 aromatic heterocycles. The Balaban J connectivity index is 1.82. The van der Waals surface area contributed by atoms with Crippen LogP contribution in [0.3, 0.4) is 0 Å². The van der Waals surface area contributed by atoms with Gasteiger partial charge in [-0.15, -0.1) is 0 Å². The average Bonchev–Trinajstić information content (AvgIpc) is 2.85. The normalized spacial score (nSPS) is 12.3. The van der Waals surface area contributed by atoms with Gasteiger partial charge in [0.2, 0.25) is 6.79 Å². The molecule has 20 heavy (non-hydrogen) atoms. The molecule has 0 N–H and O–H groups in total. The summed E-state index contributed by atoms with van der Waals surface area (Å²) < 4.78 is 28.9. The molecule has 1 aliphatic heterocycles. The molecule has 6 heteroatoms. The average molecular weight is 339 g/mol. The van der Waals surface area contributed by atoms with Crippen molar-refractivity contribution in [1.29, 1.82) is 0 Å². The zero-order valence-corrected chi connectivity index (χ0v) is 11.6. The Hall–Kier alpha value is -2.08. The number of carbonyl (C=O) groups excluding carboxylic acids is 1. The molecule has 2 aromatic carbocycles. The zero-order valence-electron chi connectivity index (χ0n) is 10.1. The molecule has 0 bridgehead atoms. The first-order valence-corrected chi connectivity index (χ1v) is 6.50. The van der Waals surface area contributed by atoms with E-state index in [9.17, 15) is 9.18 Å². The number of rotatable bonds is 2. The van der Waals surface area contributed by atoms with Gasteiger partial charge in [-0.3, -0.25) is 0 Å². The smallest absolute Gasteiger partial charge is 0.344 e. The van der Waals surface area contributed by atoms with Crippen LogP contribution in [-0.2, 0) is 0 Å². The van der Waals surface area contributed by atoms with Gasteiger partial charge in [-0.25, -0.2) is 9.18 Å². The molecule has 0 atom stereocenters. The molecule has 4 nitrogen and oxygen atoms in total. The van der Waals surface area contributed by atoms with Crippen molar-refractivity contribution >= 4 is 21.9 Å². The molecule has 0 radical (unpaired) electrons. The highest BCUT2D eigenvalue weighted by atomic mass is 79.9. The van der Waals surface area contributed by atoms with E-state index in [0.717, 1.165) is 0 Å². The Bertz CT molecular complexity index is 687. The van der Waals surface area contributed by atoms with Gasteiger partial charge in [0, 0.05) is 10.5 Å². The van der Waals surface area contributed by atoms with Crippen LogP contribution in [0.15, 0.2) is 40.9 Å². The van der Waals surface area contributed by atoms with Crippen molar-refractivity contribution in [3.63, 3.8) is 0 Å². The predicted molar refractivity (Wildman–Crippen MR) is 71.6 cm³/mol. The summed E-state index contributed by atoms with van der Waals surface area (Å²) in [6.45, 7) is 0.149. The summed E-state index contributed by atoms with van der Waals surface area (Å²) in [6.07, 6.45) is 0. The minimum absolute atomic E-state index is 0.149. The minimum atomic E-state index is -0.587. The van der Waals surface area contributed by atoms with E-state index in [-0.39, 0.29) is 12.4 Å². The number of halogens is 2. The van der Waals surface area contributed by atoms with E-state index in [1.165, 1.54) is 18.2 Å². The fraction of sp³-hybridized carbons (Fsp3) is 0.0714. The fourth-order valence-electron chi connectivity index (χ4n) is 1.76. The lowest BCUT2D eigenvalue weighted by Crippen LogP contribution is -2.09. The van der Waals surface area contributed by atoms with Gasteiger partial charge in [0.05, 0.1) is 5.56 Å². The van der Waals surface area contributed by atoms with Crippen LogP contribution in [0.4, 0.5) is 4.39 Å². The molecule has 0 aliphatic carbocycles. The van der Waals surface area contributed by atoms with Crippen molar-refractivity contribution in [2.24, 2.45) is 0 Å². The van der Waals surface area contributed by atoms with Gasteiger partial charge < -0.3 is 14.2 Å². The Morgan fingerprint density at radius 1 is 1.15 bits per heavy atom. The molecule has 102 valence electrons. The molecule has 2 aromatic rings. The van der Waals surface area contributed by atoms with E-state index in [4.69, 9.17) is 14.2 Å². The van der Waals surface area contributed by atoms with Gasteiger partial charge in [0.1, 0.15) is 11.6 Å². The SMILES string of the molecule is O=C(Oc1ccc2c(c1)OCO2)c1ccc(F)cc1Br. The Kier molecular flexibility index (Phi) is 3.31. The monoisotopic (exact) mass is 338 g/mol. The van der Waals surface area contributed by atoms with E-state index >= 15 is 0 Å². The van der Waals surface area contributed by atoms with E-state index < -0.39 is 11.8 Å². The Labute approximate surface area is 122 Å². The molecule has 0 saturated carbocycles. The molecule has 3 rings (SSSR count). The van der Waals surface area contributed by atoms with Crippen molar-refractivity contribution in [3.05, 3.63) is 52.3 Å². The maximum atomic E-state index is 13.0. The lowest BCUT2D eigenvalue weighted by Gasteiger charge is -2.06. The number of hydrogen-bond acceptors (Lipinski definition) is 4. The molecular weight excluding hydrogens is 331 g/mol. The molecule has 0 spiro atoms. The zero-order chi connectivity index (χ0) is 14.1. The Morgan fingerprint density at radius 2 is 1.95 bits per heavy atom. The first kappa shape index (κ1) is 12.9. The summed E-state index contributed by atoms with van der Waals surface area (Å²) >= 11 is 3.13. The first-order chi connectivity index (χ1) is 9.63. The summed E-state index contributed by atoms with van der Waals surface area (Å²) in [4.78, 5) is 12.0. The van der Waals surface area contributed by atoms with Gasteiger partial charge >= 0.3 is 5.97 Å². The number of carbonyl (C=O) groups is 1. The van der Waals surface area contributed by atoms with Gasteiger partial charge in [0.15, 0.2) is 11.5 Å². The molecule has 0 unspecified atom stereocenters. The van der Waals surface area contributed by atoms with E-state index in [2.05, 4.69) is 15.9 Å². The van der Waals surface area contributed by atoms with Crippen LogP contribution in [0, 0.1) is 5.82 Å². The van der Waals surface area contributed by atoms with E-state index in [1.807, 2.05) is 0 Å². The lowest BCUT2D eigenvalue weighted by atomic mass is 10.2. The van der Waals surface area contributed by atoms with Crippen molar-refractivity contribution in [1.82, 2.24) is 0 Å². The maximum absolute atomic E-state index is 13.0. The Morgan fingerprint density at radius 3 is 2.75 bits per heavy atom. The lowest BCUT2D eigenvalue weighted by molar-refractivity contribution is 0.0733. The van der Waals surface area contributed by atoms with Gasteiger partial charge in [-0.05, 0) is 46.3 Å². The number of ether oxygens (including phenoxy) is 3. The highest BCUT2D eigenvalue weighted by Gasteiger charge is 2.17. The second-order valence-corrected chi connectivity index (χ2v) is 4.88. The number of hydrogen-bond donors (Lipinski definition) is 0. The van der Waals surface area contributed by atoms with Crippen LogP contribution in [0.5, 0.6) is 17.2 Å². The highest BCUT2D eigenvalue weighted by molar-refractivity contribution is 9.10. The maximum Gasteiger partial charge on any atom is 0.344 e. The standard InChI is InChI=1S/C14H8BrFO4/c15-11-5-8(16)1-3-10(11)14(17)20-9-2-4-12-13(6-9)19-7-18-12/h1-6H,7H2. The first-order valence-electron chi connectivity index (χ1n) is 5.70. The van der Waals surface area contributed by atoms with Crippen molar-refractivity contribution in [2.75, 3.05) is 6.79 Å². The molecule has 1 aliphatic rings. The summed E-state index contributed by atoms with van der Waals surface area (Å²) in [5.74, 6) is 0.434. The van der Waals surface area contributed by atoms with Gasteiger partial charge in [-0.2, -0.15) is 0 Å². The predicted octanol–water partition coefficient (Wildman–Crippen LogP) is 3.54. The number of benzene rings is 2. The van der Waals surface area contributed by atoms with Crippen molar-refractivity contribution in [2.45, 2.75) is 0 Å². The van der Waals surface area contributed by atoms with Crippen LogP contribution in [0.25, 0.3) is 0 Å².